The number of hydrogen-bond donors (Lipinski definition) is 0. The van der Waals surface area contributed by atoms with Crippen molar-refractivity contribution in [3.63, 3.8) is 0 Å². The molecule has 0 N–H and O–H groups in total. The number of fused-ring (bicyclic) bond motifs is 7. The third-order valence-corrected chi connectivity index (χ3v) is 14.4. The first-order chi connectivity index (χ1) is 41.3. The summed E-state index contributed by atoms with van der Waals surface area (Å²) in [6, 6.07) is 48.0. The minimum absolute atomic E-state index is 0. The van der Waals surface area contributed by atoms with Crippen LogP contribution in [0.4, 0.5) is 0 Å². The van der Waals surface area contributed by atoms with Gasteiger partial charge < -0.3 is 23.0 Å². The fourth-order valence-corrected chi connectivity index (χ4v) is 11.0. The van der Waals surface area contributed by atoms with Crippen LogP contribution in [0.5, 0.6) is 11.5 Å². The van der Waals surface area contributed by atoms with Gasteiger partial charge in [-0.1, -0.05) is 171 Å². The maximum atomic E-state index is 9.33. The van der Waals surface area contributed by atoms with Gasteiger partial charge in [-0.2, -0.15) is 18.2 Å². The van der Waals surface area contributed by atoms with Gasteiger partial charge in [-0.15, -0.1) is 29.7 Å². The van der Waals surface area contributed by atoms with Crippen molar-refractivity contribution in [1.29, 1.82) is 0 Å². The molecule has 0 saturated carbocycles. The topological polar surface area (TPSA) is 40.8 Å². The average molecular weight is 1190 g/mol. The maximum absolute atomic E-state index is 9.33. The molecule has 0 radical (unpaired) electrons. The van der Waals surface area contributed by atoms with Crippen molar-refractivity contribution in [2.75, 3.05) is 0 Å². The van der Waals surface area contributed by atoms with Crippen molar-refractivity contribution < 1.29 is 44.1 Å². The molecule has 0 spiro atoms. The molecule has 7 heteroatoms. The van der Waals surface area contributed by atoms with E-state index in [2.05, 4.69) is 88.0 Å². The third-order valence-electron chi connectivity index (χ3n) is 14.4. The van der Waals surface area contributed by atoms with Gasteiger partial charge in [0.1, 0.15) is 5.82 Å². The van der Waals surface area contributed by atoms with Crippen molar-refractivity contribution >= 4 is 54.6 Å². The first kappa shape index (κ1) is 39.1. The molecular weight excluding hydrogens is 1120 g/mol. The van der Waals surface area contributed by atoms with Crippen molar-refractivity contribution in [3.05, 3.63) is 247 Å². The number of aryl methyl sites for hydroxylation is 3. The number of rotatable bonds is 12. The van der Waals surface area contributed by atoms with E-state index < -0.39 is 60.4 Å². The molecule has 380 valence electrons. The van der Waals surface area contributed by atoms with Crippen molar-refractivity contribution in [2.45, 2.75) is 65.8 Å². The van der Waals surface area contributed by atoms with E-state index in [0.717, 1.165) is 66.0 Å². The van der Waals surface area contributed by atoms with Crippen LogP contribution in [0.3, 0.4) is 0 Å². The Hall–Kier alpha value is -8.31. The van der Waals surface area contributed by atoms with Gasteiger partial charge in [-0.05, 0) is 119 Å². The van der Waals surface area contributed by atoms with Gasteiger partial charge in [-0.25, -0.2) is 4.98 Å². The van der Waals surface area contributed by atoms with Crippen molar-refractivity contribution in [3.8, 4) is 50.9 Å². The molecular formula is C70H57N5OPt-2. The van der Waals surface area contributed by atoms with Gasteiger partial charge in [0.2, 0.25) is 6.33 Å². The predicted octanol–water partition coefficient (Wildman–Crippen LogP) is 17.0. The van der Waals surface area contributed by atoms with Crippen LogP contribution >= 0.6 is 0 Å². The molecule has 0 aliphatic carbocycles. The molecule has 0 aliphatic rings. The summed E-state index contributed by atoms with van der Waals surface area (Å²) < 4.78 is 105. The summed E-state index contributed by atoms with van der Waals surface area (Å²) in [5, 5.41) is 4.05. The van der Waals surface area contributed by atoms with E-state index in [1.54, 1.807) is 0 Å². The van der Waals surface area contributed by atoms with E-state index in [9.17, 15) is 5.48 Å². The normalized spacial score (nSPS) is 13.6. The molecule has 0 atom stereocenters. The number of pyridine rings is 1. The Balaban J connectivity index is 0.00000739. The van der Waals surface area contributed by atoms with E-state index >= 15 is 0 Å². The van der Waals surface area contributed by atoms with Gasteiger partial charge in [0, 0.05) is 60.7 Å². The second-order valence-corrected chi connectivity index (χ2v) is 20.5. The minimum Gasteiger partial charge on any atom is -0.510 e. The molecule has 77 heavy (non-hydrogen) atoms. The number of aromatic nitrogens is 5. The van der Waals surface area contributed by atoms with Crippen molar-refractivity contribution in [2.24, 2.45) is 0 Å². The van der Waals surface area contributed by atoms with E-state index in [-0.39, 0.29) is 44.0 Å². The minimum atomic E-state index is -0.545. The molecule has 9 aromatic carbocycles. The number of unbranched alkanes of at least 4 members (excludes halogenated alkanes) is 1. The predicted molar refractivity (Wildman–Crippen MR) is 311 cm³/mol. The number of para-hydroxylation sites is 4. The Morgan fingerprint density at radius 1 is 0.610 bits per heavy atom. The van der Waals surface area contributed by atoms with Crippen LogP contribution in [-0.2, 0) is 39.4 Å². The number of ether oxygens (including phenoxy) is 1. The second kappa shape index (κ2) is 20.3. The zero-order chi connectivity index (χ0) is 60.2. The second-order valence-electron chi connectivity index (χ2n) is 20.5. The first-order valence-electron chi connectivity index (χ1n) is 30.7. The summed E-state index contributed by atoms with van der Waals surface area (Å²) in [6.45, 7) is 11.3. The Bertz CT molecular complexity index is 4760. The summed E-state index contributed by atoms with van der Waals surface area (Å²) in [4.78, 5) is 4.89. The summed E-state index contributed by atoms with van der Waals surface area (Å²) in [5.41, 5.74) is 10.9. The van der Waals surface area contributed by atoms with Gasteiger partial charge in [0.15, 0.2) is 0 Å². The van der Waals surface area contributed by atoms with Crippen molar-refractivity contribution in [1.82, 2.24) is 18.7 Å². The summed E-state index contributed by atoms with van der Waals surface area (Å²) in [7, 11) is 0. The SMILES string of the molecule is [2H]c1c([2H])c([2H])c(-c2cc(-n3c4ccccc4c4ccccc43)cc(-c3c([2H])c([2H])c([2H])c([2H])c3[2H])c2CCCC[n+]2[c-]n(-c3[c-]c(Oc4[c-]c5c(cc4)c4cc(C)cc(C)c4n5-c4cc(C(C)(C)C)ccn4)ccc3)c3ccccc32)c([2H])c1[2H].[Pt]. The van der Waals surface area contributed by atoms with Crippen LogP contribution in [0.15, 0.2) is 206 Å². The largest absolute Gasteiger partial charge is 0.510 e. The third kappa shape index (κ3) is 9.15. The van der Waals surface area contributed by atoms with Crippen LogP contribution < -0.4 is 9.30 Å². The summed E-state index contributed by atoms with van der Waals surface area (Å²) in [6.07, 6.45) is 6.72. The first-order valence-corrected chi connectivity index (χ1v) is 25.7. The van der Waals surface area contributed by atoms with E-state index in [0.29, 0.717) is 59.0 Å². The number of hydrogen-bond acceptors (Lipinski definition) is 2. The maximum Gasteiger partial charge on any atom is 0.242 e. The van der Waals surface area contributed by atoms with Crippen LogP contribution in [0.1, 0.15) is 69.6 Å². The molecule has 0 aliphatic heterocycles. The molecule has 13 rings (SSSR count). The van der Waals surface area contributed by atoms with Crippen LogP contribution in [0.2, 0.25) is 0 Å². The smallest absolute Gasteiger partial charge is 0.242 e. The zero-order valence-electron chi connectivity index (χ0n) is 53.1. The van der Waals surface area contributed by atoms with Gasteiger partial charge in [0.05, 0.1) is 42.3 Å². The fourth-order valence-electron chi connectivity index (χ4n) is 11.0. The summed E-state index contributed by atoms with van der Waals surface area (Å²) >= 11 is 0. The van der Waals surface area contributed by atoms with E-state index in [1.807, 2.05) is 129 Å². The standard InChI is InChI=1S/C70H57N5O.Pt/c1-47-39-48(2)69-62(40-47)59-35-34-55(45-67(59)75(69)68-41-51(36-37-71-68)70(3,4)5)76-54-26-20-25-52(42-54)73-46-72(65-32-16-17-33-66(65)73)38-19-18-27-56-60(49-21-8-6-9-22-49)43-53(44-61(56)50-23-10-7-11-24-50)74-63-30-14-12-28-57(63)58-29-13-15-31-64(58)74;/h6-17,20-26,28-37,39-41,43-44H,18-19,27,38H2,1-5H3;/q-2;/i6D,7D,8D,9D,10D,11D,21D,22D,23D,24D;. The Kier molecular flexibility index (Phi) is 10.3. The molecule has 6 nitrogen and oxygen atoms in total. The number of benzene rings is 9. The molecule has 4 heterocycles. The molecule has 0 amide bonds. The van der Waals surface area contributed by atoms with E-state index in [4.69, 9.17) is 17.9 Å². The summed E-state index contributed by atoms with van der Waals surface area (Å²) in [5.74, 6) is 1.79. The monoisotopic (exact) mass is 1190 g/mol. The number of imidazole rings is 1. The Morgan fingerprint density at radius 2 is 1.26 bits per heavy atom. The van der Waals surface area contributed by atoms with Gasteiger partial charge in [0.25, 0.3) is 0 Å². The molecule has 4 aromatic heterocycles. The molecule has 13 aromatic rings. The Labute approximate surface area is 478 Å². The van der Waals surface area contributed by atoms with Crippen LogP contribution in [0, 0.1) is 32.3 Å². The molecule has 0 unspecified atom stereocenters. The van der Waals surface area contributed by atoms with E-state index in [1.165, 1.54) is 11.1 Å². The Morgan fingerprint density at radius 3 is 1.95 bits per heavy atom. The van der Waals surface area contributed by atoms with Crippen LogP contribution in [-0.4, -0.2) is 18.7 Å². The molecule has 0 fully saturated rings. The zero-order valence-corrected chi connectivity index (χ0v) is 45.4. The molecule has 0 saturated heterocycles. The number of nitrogens with zero attached hydrogens (tertiary/aromatic N) is 5. The van der Waals surface area contributed by atoms with Crippen LogP contribution in [0.25, 0.3) is 94.1 Å². The van der Waals surface area contributed by atoms with Gasteiger partial charge >= 0.3 is 0 Å². The quantitative estimate of drug-likeness (QED) is 0.0695. The average Bonchev–Trinajstić information content (AvgIpc) is 1.78. The molecule has 0 bridgehead atoms. The van der Waals surface area contributed by atoms with Gasteiger partial charge in [-0.3, -0.25) is 0 Å². The fraction of sp³-hybridized carbons (Fsp3) is 0.143.